The zero-order valence-corrected chi connectivity index (χ0v) is 13.1. The summed E-state index contributed by atoms with van der Waals surface area (Å²) in [5.74, 6) is -2.55. The third kappa shape index (κ3) is 2.69. The minimum absolute atomic E-state index is 0.0535. The van der Waals surface area contributed by atoms with Gasteiger partial charge in [-0.1, -0.05) is 6.42 Å². The van der Waals surface area contributed by atoms with Gasteiger partial charge in [0.2, 0.25) is 0 Å². The molecule has 2 unspecified atom stereocenters. The van der Waals surface area contributed by atoms with Crippen LogP contribution in [-0.4, -0.2) is 27.6 Å². The first-order valence-corrected chi connectivity index (χ1v) is 8.75. The van der Waals surface area contributed by atoms with E-state index >= 15 is 0 Å². The average molecular weight is 328 g/mol. The van der Waals surface area contributed by atoms with Gasteiger partial charge in [0.15, 0.2) is 17.4 Å². The quantitative estimate of drug-likeness (QED) is 0.800. The number of Topliss-reactive ketones (excluding diaryl/α,β-unsaturated/α-hetero) is 1. The van der Waals surface area contributed by atoms with Crippen LogP contribution in [0.5, 0.6) is 5.75 Å². The minimum Gasteiger partial charge on any atom is -0.496 e. The summed E-state index contributed by atoms with van der Waals surface area (Å²) in [6, 6.07) is 1.82. The fourth-order valence-corrected chi connectivity index (χ4v) is 5.74. The highest BCUT2D eigenvalue weighted by atomic mass is 32.2. The van der Waals surface area contributed by atoms with E-state index in [0.717, 1.165) is 31.4 Å². The van der Waals surface area contributed by atoms with E-state index in [1.807, 2.05) is 0 Å². The minimum atomic E-state index is -1.05. The van der Waals surface area contributed by atoms with E-state index in [1.165, 1.54) is 7.11 Å². The Morgan fingerprint density at radius 1 is 1.18 bits per heavy atom. The third-order valence-electron chi connectivity index (χ3n) is 4.68. The van der Waals surface area contributed by atoms with Gasteiger partial charge in [0.1, 0.15) is 5.75 Å². The summed E-state index contributed by atoms with van der Waals surface area (Å²) in [4.78, 5) is 12.7. The zero-order valence-electron chi connectivity index (χ0n) is 12.3. The monoisotopic (exact) mass is 328 g/mol. The van der Waals surface area contributed by atoms with E-state index in [0.29, 0.717) is 12.8 Å². The third-order valence-corrected chi connectivity index (χ3v) is 6.85. The second-order valence-corrected chi connectivity index (χ2v) is 7.99. The van der Waals surface area contributed by atoms with Crippen molar-refractivity contribution in [3.63, 3.8) is 0 Å². The molecule has 2 fully saturated rings. The molecule has 2 heterocycles. The van der Waals surface area contributed by atoms with E-state index in [4.69, 9.17) is 4.74 Å². The number of rotatable bonds is 3. The molecule has 1 aromatic rings. The van der Waals surface area contributed by atoms with Gasteiger partial charge in [0, 0.05) is 33.3 Å². The summed E-state index contributed by atoms with van der Waals surface area (Å²) >= 11 is 0. The number of carbonyl (C=O) groups excluding carboxylic acids is 1. The SMILES string of the molecule is COc1cc(F)c(F)cc1C(=O)C1CC2CCCC(C1)S2=O. The summed E-state index contributed by atoms with van der Waals surface area (Å²) in [7, 11) is 0.465. The molecule has 0 aromatic heterocycles. The van der Waals surface area contributed by atoms with Crippen molar-refractivity contribution in [1.82, 2.24) is 0 Å². The Bertz CT molecular complexity index is 616. The van der Waals surface area contributed by atoms with Crippen LogP contribution in [0, 0.1) is 17.6 Å². The number of hydrogen-bond acceptors (Lipinski definition) is 3. The zero-order chi connectivity index (χ0) is 15.9. The highest BCUT2D eigenvalue weighted by Crippen LogP contribution is 2.39. The summed E-state index contributed by atoms with van der Waals surface area (Å²) in [5, 5.41) is 0.107. The molecule has 2 saturated heterocycles. The van der Waals surface area contributed by atoms with Crippen molar-refractivity contribution in [1.29, 1.82) is 0 Å². The number of hydrogen-bond donors (Lipinski definition) is 0. The molecule has 0 radical (unpaired) electrons. The van der Waals surface area contributed by atoms with E-state index in [-0.39, 0.29) is 33.5 Å². The Morgan fingerprint density at radius 3 is 2.36 bits per heavy atom. The first kappa shape index (κ1) is 15.6. The second kappa shape index (κ2) is 6.07. The molecular weight excluding hydrogens is 310 g/mol. The van der Waals surface area contributed by atoms with Crippen LogP contribution >= 0.6 is 0 Å². The lowest BCUT2D eigenvalue weighted by Crippen LogP contribution is -2.41. The van der Waals surface area contributed by atoms with Crippen LogP contribution in [0.2, 0.25) is 0 Å². The molecule has 2 aliphatic heterocycles. The molecule has 120 valence electrons. The van der Waals surface area contributed by atoms with Crippen molar-refractivity contribution in [3.8, 4) is 5.75 Å². The topological polar surface area (TPSA) is 43.4 Å². The maximum absolute atomic E-state index is 13.5. The molecule has 1 aromatic carbocycles. The number of ketones is 1. The van der Waals surface area contributed by atoms with Crippen LogP contribution in [0.3, 0.4) is 0 Å². The van der Waals surface area contributed by atoms with Crippen LogP contribution in [0.4, 0.5) is 8.78 Å². The van der Waals surface area contributed by atoms with Crippen molar-refractivity contribution >= 4 is 16.6 Å². The van der Waals surface area contributed by atoms with E-state index in [9.17, 15) is 17.8 Å². The number of fused-ring (bicyclic) bond motifs is 2. The Kier molecular flexibility index (Phi) is 4.30. The molecule has 6 heteroatoms. The van der Waals surface area contributed by atoms with E-state index in [2.05, 4.69) is 0 Å². The summed E-state index contributed by atoms with van der Waals surface area (Å²) < 4.78 is 44.0. The maximum atomic E-state index is 13.5. The smallest absolute Gasteiger partial charge is 0.169 e. The van der Waals surface area contributed by atoms with Crippen molar-refractivity contribution in [2.45, 2.75) is 42.6 Å². The molecule has 3 rings (SSSR count). The Balaban J connectivity index is 1.88. The van der Waals surface area contributed by atoms with Crippen LogP contribution in [-0.2, 0) is 10.8 Å². The van der Waals surface area contributed by atoms with Crippen molar-refractivity contribution < 1.29 is 22.5 Å². The Labute approximate surface area is 130 Å². The highest BCUT2D eigenvalue weighted by molar-refractivity contribution is 7.86. The Morgan fingerprint density at radius 2 is 1.77 bits per heavy atom. The van der Waals surface area contributed by atoms with Gasteiger partial charge in [-0.25, -0.2) is 8.78 Å². The summed E-state index contributed by atoms with van der Waals surface area (Å²) in [6.45, 7) is 0. The lowest BCUT2D eigenvalue weighted by atomic mass is 9.84. The van der Waals surface area contributed by atoms with Crippen molar-refractivity contribution in [2.24, 2.45) is 5.92 Å². The molecule has 2 aliphatic rings. The molecule has 0 spiro atoms. The van der Waals surface area contributed by atoms with Crippen molar-refractivity contribution in [3.05, 3.63) is 29.3 Å². The number of benzene rings is 1. The second-order valence-electron chi connectivity index (χ2n) is 6.00. The molecule has 3 nitrogen and oxygen atoms in total. The van der Waals surface area contributed by atoms with Crippen LogP contribution in [0.25, 0.3) is 0 Å². The fraction of sp³-hybridized carbons (Fsp3) is 0.562. The molecular formula is C16H18F2O3S. The predicted octanol–water partition coefficient (Wildman–Crippen LogP) is 3.24. The van der Waals surface area contributed by atoms with Gasteiger partial charge >= 0.3 is 0 Å². The number of ether oxygens (including phenoxy) is 1. The first-order valence-electron chi connectivity index (χ1n) is 7.48. The fourth-order valence-electron chi connectivity index (χ4n) is 3.56. The standard InChI is InChI=1S/C16H18F2O3S/c1-21-15-8-14(18)13(17)7-12(15)16(19)9-5-10-3-2-4-11(6-9)22(10)20/h7-11H,2-6H2,1H3. The van der Waals surface area contributed by atoms with Gasteiger partial charge < -0.3 is 4.74 Å². The van der Waals surface area contributed by atoms with Gasteiger partial charge in [0.25, 0.3) is 0 Å². The van der Waals surface area contributed by atoms with E-state index < -0.39 is 22.4 Å². The average Bonchev–Trinajstić information content (AvgIpc) is 2.48. The largest absolute Gasteiger partial charge is 0.496 e. The van der Waals surface area contributed by atoms with Gasteiger partial charge in [-0.2, -0.15) is 0 Å². The molecule has 0 aliphatic carbocycles. The lowest BCUT2D eigenvalue weighted by molar-refractivity contribution is 0.0891. The summed E-state index contributed by atoms with van der Waals surface area (Å²) in [5.41, 5.74) is 0.0807. The van der Waals surface area contributed by atoms with Crippen LogP contribution in [0.1, 0.15) is 42.5 Å². The molecule has 2 bridgehead atoms. The van der Waals surface area contributed by atoms with Gasteiger partial charge in [-0.05, 0) is 31.7 Å². The molecule has 0 N–H and O–H groups in total. The Hall–Kier alpha value is -1.30. The maximum Gasteiger partial charge on any atom is 0.169 e. The molecule has 2 atom stereocenters. The number of carbonyl (C=O) groups is 1. The molecule has 22 heavy (non-hydrogen) atoms. The predicted molar refractivity (Wildman–Crippen MR) is 79.5 cm³/mol. The normalized spacial score (nSPS) is 30.9. The number of halogens is 2. The first-order chi connectivity index (χ1) is 10.5. The van der Waals surface area contributed by atoms with E-state index in [1.54, 1.807) is 0 Å². The highest BCUT2D eigenvalue weighted by Gasteiger charge is 2.41. The molecule has 0 amide bonds. The van der Waals surface area contributed by atoms with Crippen LogP contribution in [0.15, 0.2) is 12.1 Å². The van der Waals surface area contributed by atoms with Gasteiger partial charge in [0.05, 0.1) is 12.7 Å². The lowest BCUT2D eigenvalue weighted by Gasteiger charge is -2.37. The molecule has 0 saturated carbocycles. The van der Waals surface area contributed by atoms with Crippen LogP contribution < -0.4 is 4.74 Å². The van der Waals surface area contributed by atoms with Crippen molar-refractivity contribution in [2.75, 3.05) is 7.11 Å². The van der Waals surface area contributed by atoms with Gasteiger partial charge in [-0.15, -0.1) is 0 Å². The van der Waals surface area contributed by atoms with Gasteiger partial charge in [-0.3, -0.25) is 9.00 Å². The number of methoxy groups -OCH3 is 1. The summed E-state index contributed by atoms with van der Waals surface area (Å²) in [6.07, 6.45) is 3.92.